The van der Waals surface area contributed by atoms with Crippen molar-refractivity contribution >= 4 is 18.0 Å². The summed E-state index contributed by atoms with van der Waals surface area (Å²) in [5.41, 5.74) is 6.24. The number of aromatic nitrogens is 1. The number of hydrogen-bond acceptors (Lipinski definition) is 3. The van der Waals surface area contributed by atoms with Gasteiger partial charge in [-0.3, -0.25) is 9.59 Å². The Labute approximate surface area is 141 Å². The van der Waals surface area contributed by atoms with Crippen molar-refractivity contribution in [3.63, 3.8) is 0 Å². The van der Waals surface area contributed by atoms with Crippen LogP contribution in [0.25, 0.3) is 5.69 Å². The topological polar surface area (TPSA) is 75.5 Å². The maximum Gasteiger partial charge on any atom is 0.329 e. The number of carbonyl (C=O) groups is 2. The molecule has 0 saturated carbocycles. The van der Waals surface area contributed by atoms with E-state index in [9.17, 15) is 9.59 Å². The second kappa shape index (κ2) is 7.59. The number of hydrogen-bond donors (Lipinski definition) is 2. The quantitative estimate of drug-likeness (QED) is 0.513. The van der Waals surface area contributed by atoms with E-state index in [1.807, 2.05) is 50.2 Å². The SMILES string of the molecule is Cc1cc(/C=N/NC(=O)C(=O)NC(C)C)c(C)n1-c1ccccc1. The molecule has 0 radical (unpaired) electrons. The van der Waals surface area contributed by atoms with E-state index in [1.165, 1.54) is 0 Å². The minimum absolute atomic E-state index is 0.1000. The van der Waals surface area contributed by atoms with Crippen molar-refractivity contribution < 1.29 is 9.59 Å². The second-order valence-electron chi connectivity index (χ2n) is 5.82. The van der Waals surface area contributed by atoms with Crippen LogP contribution in [0.15, 0.2) is 41.5 Å². The van der Waals surface area contributed by atoms with Crippen LogP contribution in [0, 0.1) is 13.8 Å². The number of nitrogens with one attached hydrogen (secondary N) is 2. The monoisotopic (exact) mass is 326 g/mol. The first-order valence-corrected chi connectivity index (χ1v) is 7.78. The molecule has 1 aromatic heterocycles. The molecule has 2 amide bonds. The molecule has 2 rings (SSSR count). The van der Waals surface area contributed by atoms with Gasteiger partial charge in [-0.1, -0.05) is 18.2 Å². The zero-order chi connectivity index (χ0) is 17.7. The van der Waals surface area contributed by atoms with Crippen LogP contribution >= 0.6 is 0 Å². The van der Waals surface area contributed by atoms with Crippen LogP contribution in [0.3, 0.4) is 0 Å². The molecule has 1 aromatic carbocycles. The van der Waals surface area contributed by atoms with Gasteiger partial charge in [0.1, 0.15) is 0 Å². The fourth-order valence-corrected chi connectivity index (χ4v) is 2.43. The van der Waals surface area contributed by atoms with Crippen LogP contribution in [-0.2, 0) is 9.59 Å². The highest BCUT2D eigenvalue weighted by Crippen LogP contribution is 2.19. The standard InChI is InChI=1S/C18H22N4O2/c1-12(2)20-17(23)18(24)21-19-11-15-10-13(3)22(14(15)4)16-8-6-5-7-9-16/h5-12H,1-4H3,(H,20,23)(H,21,24)/b19-11+. The van der Waals surface area contributed by atoms with E-state index < -0.39 is 11.8 Å². The molecule has 2 aromatic rings. The molecule has 2 N–H and O–H groups in total. The Kier molecular flexibility index (Phi) is 5.52. The maximum absolute atomic E-state index is 11.6. The molecular formula is C18H22N4O2. The Hall–Kier alpha value is -2.89. The lowest BCUT2D eigenvalue weighted by Crippen LogP contribution is -2.41. The molecular weight excluding hydrogens is 304 g/mol. The Morgan fingerprint density at radius 1 is 1.12 bits per heavy atom. The normalized spacial score (nSPS) is 11.0. The largest absolute Gasteiger partial charge is 0.346 e. The summed E-state index contributed by atoms with van der Waals surface area (Å²) >= 11 is 0. The smallest absolute Gasteiger partial charge is 0.329 e. The van der Waals surface area contributed by atoms with E-state index in [-0.39, 0.29) is 6.04 Å². The van der Waals surface area contributed by atoms with E-state index in [1.54, 1.807) is 20.1 Å². The summed E-state index contributed by atoms with van der Waals surface area (Å²) in [7, 11) is 0. The zero-order valence-corrected chi connectivity index (χ0v) is 14.3. The molecule has 24 heavy (non-hydrogen) atoms. The molecule has 0 unspecified atom stereocenters. The summed E-state index contributed by atoms with van der Waals surface area (Å²) in [5, 5.41) is 6.39. The highest BCUT2D eigenvalue weighted by atomic mass is 16.2. The van der Waals surface area contributed by atoms with Crippen molar-refractivity contribution in [3.05, 3.63) is 53.3 Å². The predicted molar refractivity (Wildman–Crippen MR) is 94.3 cm³/mol. The summed E-state index contributed by atoms with van der Waals surface area (Å²) in [5.74, 6) is -1.48. The van der Waals surface area contributed by atoms with Crippen LogP contribution in [0.1, 0.15) is 30.8 Å². The van der Waals surface area contributed by atoms with Gasteiger partial charge in [0.2, 0.25) is 0 Å². The highest BCUT2D eigenvalue weighted by Gasteiger charge is 2.13. The molecule has 0 atom stereocenters. The first-order valence-electron chi connectivity index (χ1n) is 7.78. The number of benzene rings is 1. The van der Waals surface area contributed by atoms with Gasteiger partial charge in [0, 0.05) is 28.7 Å². The van der Waals surface area contributed by atoms with E-state index >= 15 is 0 Å². The van der Waals surface area contributed by atoms with E-state index in [0.717, 1.165) is 22.6 Å². The fraction of sp³-hybridized carbons (Fsp3) is 0.278. The summed E-state index contributed by atoms with van der Waals surface area (Å²) in [4.78, 5) is 23.1. The van der Waals surface area contributed by atoms with Gasteiger partial charge in [0.05, 0.1) is 6.21 Å². The summed E-state index contributed by atoms with van der Waals surface area (Å²) in [6.45, 7) is 7.56. The third-order valence-electron chi connectivity index (χ3n) is 3.48. The third-order valence-corrected chi connectivity index (χ3v) is 3.48. The van der Waals surface area contributed by atoms with E-state index in [0.29, 0.717) is 0 Å². The first-order chi connectivity index (χ1) is 11.4. The van der Waals surface area contributed by atoms with Gasteiger partial charge in [-0.2, -0.15) is 5.10 Å². The predicted octanol–water partition coefficient (Wildman–Crippen LogP) is 2.07. The van der Waals surface area contributed by atoms with Crippen LogP contribution in [-0.4, -0.2) is 28.6 Å². The lowest BCUT2D eigenvalue weighted by atomic mass is 10.2. The van der Waals surface area contributed by atoms with Crippen molar-refractivity contribution in [2.45, 2.75) is 33.7 Å². The molecule has 126 valence electrons. The first kappa shape index (κ1) is 17.5. The Morgan fingerprint density at radius 2 is 1.79 bits per heavy atom. The Balaban J connectivity index is 2.11. The number of hydrazone groups is 1. The average molecular weight is 326 g/mol. The van der Waals surface area contributed by atoms with Gasteiger partial charge in [0.15, 0.2) is 0 Å². The lowest BCUT2D eigenvalue weighted by molar-refractivity contribution is -0.139. The molecule has 6 heteroatoms. The van der Waals surface area contributed by atoms with Crippen LogP contribution in [0.2, 0.25) is 0 Å². The summed E-state index contributed by atoms with van der Waals surface area (Å²) in [6.07, 6.45) is 1.54. The van der Waals surface area contributed by atoms with Crippen LogP contribution < -0.4 is 10.7 Å². The van der Waals surface area contributed by atoms with Gasteiger partial charge >= 0.3 is 11.8 Å². The van der Waals surface area contributed by atoms with Crippen molar-refractivity contribution in [2.75, 3.05) is 0 Å². The fourth-order valence-electron chi connectivity index (χ4n) is 2.43. The number of nitrogens with zero attached hydrogens (tertiary/aromatic N) is 2. The van der Waals surface area contributed by atoms with Gasteiger partial charge in [-0.25, -0.2) is 5.43 Å². The maximum atomic E-state index is 11.6. The minimum atomic E-state index is -0.781. The minimum Gasteiger partial charge on any atom is -0.346 e. The molecule has 0 saturated heterocycles. The number of para-hydroxylation sites is 1. The van der Waals surface area contributed by atoms with E-state index in [4.69, 9.17) is 0 Å². The molecule has 0 aliphatic rings. The van der Waals surface area contributed by atoms with Gasteiger partial charge in [0.25, 0.3) is 0 Å². The van der Waals surface area contributed by atoms with Gasteiger partial charge in [-0.15, -0.1) is 0 Å². The zero-order valence-electron chi connectivity index (χ0n) is 14.3. The molecule has 0 aliphatic carbocycles. The van der Waals surface area contributed by atoms with Crippen LogP contribution in [0.5, 0.6) is 0 Å². The number of aryl methyl sites for hydroxylation is 1. The molecule has 0 spiro atoms. The molecule has 1 heterocycles. The van der Waals surface area contributed by atoms with Crippen molar-refractivity contribution in [2.24, 2.45) is 5.10 Å². The number of amides is 2. The molecule has 0 fully saturated rings. The van der Waals surface area contributed by atoms with Crippen molar-refractivity contribution in [3.8, 4) is 5.69 Å². The highest BCUT2D eigenvalue weighted by molar-refractivity contribution is 6.35. The summed E-state index contributed by atoms with van der Waals surface area (Å²) < 4.78 is 2.11. The van der Waals surface area contributed by atoms with Crippen molar-refractivity contribution in [1.29, 1.82) is 0 Å². The lowest BCUT2D eigenvalue weighted by Gasteiger charge is -2.09. The average Bonchev–Trinajstić information content (AvgIpc) is 2.81. The third kappa shape index (κ3) is 4.10. The molecule has 0 bridgehead atoms. The summed E-state index contributed by atoms with van der Waals surface area (Å²) in [6, 6.07) is 11.9. The Morgan fingerprint density at radius 3 is 2.42 bits per heavy atom. The number of carbonyl (C=O) groups excluding carboxylic acids is 2. The Bertz CT molecular complexity index is 761. The van der Waals surface area contributed by atoms with E-state index in [2.05, 4.69) is 20.4 Å². The van der Waals surface area contributed by atoms with Gasteiger partial charge < -0.3 is 9.88 Å². The van der Waals surface area contributed by atoms with Gasteiger partial charge in [-0.05, 0) is 45.9 Å². The van der Waals surface area contributed by atoms with Crippen molar-refractivity contribution in [1.82, 2.24) is 15.3 Å². The molecule has 0 aliphatic heterocycles. The number of rotatable bonds is 4. The molecule has 6 nitrogen and oxygen atoms in total. The van der Waals surface area contributed by atoms with Crippen LogP contribution in [0.4, 0.5) is 0 Å². The second-order valence-corrected chi connectivity index (χ2v) is 5.82.